The molecule has 1 heterocycles. The van der Waals surface area contributed by atoms with Gasteiger partial charge in [0.25, 0.3) is 0 Å². The first-order chi connectivity index (χ1) is 7.15. The van der Waals surface area contributed by atoms with E-state index in [1.165, 1.54) is 0 Å². The van der Waals surface area contributed by atoms with Crippen LogP contribution in [0.5, 0.6) is 0 Å². The monoisotopic (exact) mass is 213 g/mol. The standard InChI is InChI=1S/C11H19NO3/c1-3-15-7-5-11(14)12-6-4-10(13)9(2)8-12/h9H,3-8H2,1-2H3. The maximum Gasteiger partial charge on any atom is 0.224 e. The lowest BCUT2D eigenvalue weighted by Crippen LogP contribution is -2.43. The number of likely N-dealkylation sites (tertiary alicyclic amines) is 1. The number of ether oxygens (including phenoxy) is 1. The van der Waals surface area contributed by atoms with Crippen LogP contribution in [-0.4, -0.2) is 42.9 Å². The minimum Gasteiger partial charge on any atom is -0.381 e. The molecule has 4 heteroatoms. The van der Waals surface area contributed by atoms with E-state index in [0.717, 1.165) is 0 Å². The van der Waals surface area contributed by atoms with Crippen molar-refractivity contribution in [3.63, 3.8) is 0 Å². The third kappa shape index (κ3) is 3.63. The molecule has 0 spiro atoms. The summed E-state index contributed by atoms with van der Waals surface area (Å²) in [4.78, 5) is 24.7. The number of hydrogen-bond donors (Lipinski definition) is 0. The molecule has 1 aliphatic heterocycles. The Bertz CT molecular complexity index is 240. The average molecular weight is 213 g/mol. The molecule has 0 aromatic carbocycles. The minimum absolute atomic E-state index is 0.00482. The van der Waals surface area contributed by atoms with E-state index in [1.807, 2.05) is 13.8 Å². The van der Waals surface area contributed by atoms with Crippen molar-refractivity contribution < 1.29 is 14.3 Å². The van der Waals surface area contributed by atoms with Crippen LogP contribution in [0.15, 0.2) is 0 Å². The number of carbonyl (C=O) groups excluding carboxylic acids is 2. The molecule has 1 amide bonds. The quantitative estimate of drug-likeness (QED) is 0.650. The summed E-state index contributed by atoms with van der Waals surface area (Å²) in [7, 11) is 0. The van der Waals surface area contributed by atoms with Gasteiger partial charge in [0.15, 0.2) is 0 Å². The average Bonchev–Trinajstić information content (AvgIpc) is 2.22. The molecule has 1 saturated heterocycles. The Labute approximate surface area is 90.6 Å². The number of amides is 1. The first kappa shape index (κ1) is 12.2. The Hall–Kier alpha value is -0.900. The number of Topliss-reactive ketones (excluding diaryl/α,β-unsaturated/α-hetero) is 1. The van der Waals surface area contributed by atoms with Crippen LogP contribution in [0.3, 0.4) is 0 Å². The molecule has 0 bridgehead atoms. The number of hydrogen-bond acceptors (Lipinski definition) is 3. The van der Waals surface area contributed by atoms with E-state index in [1.54, 1.807) is 4.90 Å². The van der Waals surface area contributed by atoms with Gasteiger partial charge in [0.2, 0.25) is 5.91 Å². The Morgan fingerprint density at radius 3 is 2.93 bits per heavy atom. The van der Waals surface area contributed by atoms with E-state index in [-0.39, 0.29) is 17.6 Å². The molecule has 0 aromatic rings. The minimum atomic E-state index is -0.00482. The van der Waals surface area contributed by atoms with E-state index in [2.05, 4.69) is 0 Å². The zero-order valence-corrected chi connectivity index (χ0v) is 9.49. The van der Waals surface area contributed by atoms with Crippen LogP contribution in [0.2, 0.25) is 0 Å². The van der Waals surface area contributed by atoms with Crippen molar-refractivity contribution >= 4 is 11.7 Å². The van der Waals surface area contributed by atoms with Crippen LogP contribution in [-0.2, 0) is 14.3 Å². The molecule has 1 unspecified atom stereocenters. The van der Waals surface area contributed by atoms with E-state index >= 15 is 0 Å². The van der Waals surface area contributed by atoms with Gasteiger partial charge in [-0.3, -0.25) is 9.59 Å². The fourth-order valence-electron chi connectivity index (χ4n) is 1.70. The van der Waals surface area contributed by atoms with Crippen LogP contribution in [0.25, 0.3) is 0 Å². The smallest absolute Gasteiger partial charge is 0.224 e. The SMILES string of the molecule is CCOCCC(=O)N1CCC(=O)C(C)C1. The van der Waals surface area contributed by atoms with Gasteiger partial charge in [-0.2, -0.15) is 0 Å². The highest BCUT2D eigenvalue weighted by Crippen LogP contribution is 2.13. The number of nitrogens with zero attached hydrogens (tertiary/aromatic N) is 1. The van der Waals surface area contributed by atoms with Crippen molar-refractivity contribution in [1.29, 1.82) is 0 Å². The molecular formula is C11H19NO3. The lowest BCUT2D eigenvalue weighted by Gasteiger charge is -2.30. The Kier molecular flexibility index (Phi) is 4.75. The second-order valence-corrected chi connectivity index (χ2v) is 3.90. The van der Waals surface area contributed by atoms with Gasteiger partial charge in [-0.25, -0.2) is 0 Å². The van der Waals surface area contributed by atoms with Crippen molar-refractivity contribution in [2.75, 3.05) is 26.3 Å². The topological polar surface area (TPSA) is 46.6 Å². The Morgan fingerprint density at radius 2 is 2.33 bits per heavy atom. The fourth-order valence-corrected chi connectivity index (χ4v) is 1.70. The third-order valence-electron chi connectivity index (χ3n) is 2.69. The van der Waals surface area contributed by atoms with Crippen molar-refractivity contribution in [1.82, 2.24) is 4.90 Å². The van der Waals surface area contributed by atoms with Crippen LogP contribution in [0.1, 0.15) is 26.7 Å². The summed E-state index contributed by atoms with van der Waals surface area (Å²) >= 11 is 0. The molecule has 1 aliphatic rings. The highest BCUT2D eigenvalue weighted by atomic mass is 16.5. The molecular weight excluding hydrogens is 194 g/mol. The van der Waals surface area contributed by atoms with Gasteiger partial charge >= 0.3 is 0 Å². The summed E-state index contributed by atoms with van der Waals surface area (Å²) in [6, 6.07) is 0. The number of rotatable bonds is 4. The molecule has 15 heavy (non-hydrogen) atoms. The molecule has 0 aliphatic carbocycles. The van der Waals surface area contributed by atoms with Crippen molar-refractivity contribution in [3.05, 3.63) is 0 Å². The highest BCUT2D eigenvalue weighted by molar-refractivity contribution is 5.85. The van der Waals surface area contributed by atoms with Gasteiger partial charge in [-0.15, -0.1) is 0 Å². The van der Waals surface area contributed by atoms with E-state index in [0.29, 0.717) is 39.1 Å². The van der Waals surface area contributed by atoms with Crippen molar-refractivity contribution in [2.45, 2.75) is 26.7 Å². The lowest BCUT2D eigenvalue weighted by atomic mass is 9.98. The van der Waals surface area contributed by atoms with Gasteiger partial charge in [-0.05, 0) is 6.92 Å². The fraction of sp³-hybridized carbons (Fsp3) is 0.818. The summed E-state index contributed by atoms with van der Waals surface area (Å²) in [5.41, 5.74) is 0. The summed E-state index contributed by atoms with van der Waals surface area (Å²) in [6.07, 6.45) is 0.927. The summed E-state index contributed by atoms with van der Waals surface area (Å²) in [5, 5.41) is 0. The molecule has 0 saturated carbocycles. The molecule has 1 rings (SSSR count). The maximum absolute atomic E-state index is 11.7. The van der Waals surface area contributed by atoms with Gasteiger partial charge in [0.05, 0.1) is 13.0 Å². The number of piperidine rings is 1. The summed E-state index contributed by atoms with van der Waals surface area (Å²) in [6.45, 7) is 6.06. The van der Waals surface area contributed by atoms with E-state index in [4.69, 9.17) is 4.74 Å². The Morgan fingerprint density at radius 1 is 1.60 bits per heavy atom. The molecule has 0 N–H and O–H groups in total. The third-order valence-corrected chi connectivity index (χ3v) is 2.69. The first-order valence-corrected chi connectivity index (χ1v) is 5.53. The van der Waals surface area contributed by atoms with Crippen molar-refractivity contribution in [3.8, 4) is 0 Å². The second-order valence-electron chi connectivity index (χ2n) is 3.90. The molecule has 1 atom stereocenters. The van der Waals surface area contributed by atoms with Crippen LogP contribution in [0, 0.1) is 5.92 Å². The van der Waals surface area contributed by atoms with E-state index < -0.39 is 0 Å². The largest absolute Gasteiger partial charge is 0.381 e. The van der Waals surface area contributed by atoms with Crippen molar-refractivity contribution in [2.24, 2.45) is 5.92 Å². The van der Waals surface area contributed by atoms with Gasteiger partial charge in [0, 0.05) is 32.0 Å². The van der Waals surface area contributed by atoms with E-state index in [9.17, 15) is 9.59 Å². The summed E-state index contributed by atoms with van der Waals surface area (Å²) in [5.74, 6) is 0.362. The van der Waals surface area contributed by atoms with Crippen LogP contribution >= 0.6 is 0 Å². The molecule has 0 radical (unpaired) electrons. The molecule has 4 nitrogen and oxygen atoms in total. The lowest BCUT2D eigenvalue weighted by molar-refractivity contribution is -0.137. The van der Waals surface area contributed by atoms with Crippen LogP contribution < -0.4 is 0 Å². The Balaban J connectivity index is 2.31. The van der Waals surface area contributed by atoms with Crippen LogP contribution in [0.4, 0.5) is 0 Å². The molecule has 0 aromatic heterocycles. The number of carbonyl (C=O) groups is 2. The zero-order valence-electron chi connectivity index (χ0n) is 9.49. The number of ketones is 1. The molecule has 1 fully saturated rings. The molecule has 86 valence electrons. The predicted molar refractivity (Wildman–Crippen MR) is 56.5 cm³/mol. The first-order valence-electron chi connectivity index (χ1n) is 5.53. The van der Waals surface area contributed by atoms with Gasteiger partial charge < -0.3 is 9.64 Å². The van der Waals surface area contributed by atoms with Gasteiger partial charge in [-0.1, -0.05) is 6.92 Å². The zero-order chi connectivity index (χ0) is 11.3. The predicted octanol–water partition coefficient (Wildman–Crippen LogP) is 0.851. The second kappa shape index (κ2) is 5.85. The maximum atomic E-state index is 11.7. The highest BCUT2D eigenvalue weighted by Gasteiger charge is 2.26. The van der Waals surface area contributed by atoms with Gasteiger partial charge in [0.1, 0.15) is 5.78 Å². The normalized spacial score (nSPS) is 21.9. The summed E-state index contributed by atoms with van der Waals surface area (Å²) < 4.78 is 5.13.